The predicted octanol–water partition coefficient (Wildman–Crippen LogP) is -0.692. The molecule has 0 fully saturated rings. The Kier molecular flexibility index (Phi) is 5.72. The van der Waals surface area contributed by atoms with Crippen molar-refractivity contribution in [1.82, 2.24) is 5.32 Å². The lowest BCUT2D eigenvalue weighted by Crippen LogP contribution is -2.45. The Morgan fingerprint density at radius 2 is 2.20 bits per heavy atom. The normalized spacial score (nSPS) is 18.7. The van der Waals surface area contributed by atoms with Crippen LogP contribution in [0, 0.1) is 0 Å². The van der Waals surface area contributed by atoms with Crippen molar-refractivity contribution in [2.45, 2.75) is 25.4 Å². The van der Waals surface area contributed by atoms with Gasteiger partial charge >= 0.3 is 0 Å². The first-order valence-corrected chi connectivity index (χ1v) is 6.86. The SMILES string of the molecule is C[C@@H](C=O)NC(=O)C(N)CCP(C)(=O)O. The fourth-order valence-corrected chi connectivity index (χ4v) is 1.63. The van der Waals surface area contributed by atoms with Gasteiger partial charge in [-0.05, 0) is 13.3 Å². The molecule has 0 saturated heterocycles. The Bertz CT molecular complexity index is 276. The highest BCUT2D eigenvalue weighted by molar-refractivity contribution is 7.57. The summed E-state index contributed by atoms with van der Waals surface area (Å²) in [6.45, 7) is 2.74. The van der Waals surface area contributed by atoms with E-state index in [1.807, 2.05) is 0 Å². The van der Waals surface area contributed by atoms with Crippen LogP contribution < -0.4 is 11.1 Å². The van der Waals surface area contributed by atoms with E-state index >= 15 is 0 Å². The van der Waals surface area contributed by atoms with E-state index in [1.165, 1.54) is 13.6 Å². The zero-order valence-electron chi connectivity index (χ0n) is 8.84. The van der Waals surface area contributed by atoms with Gasteiger partial charge < -0.3 is 20.7 Å². The van der Waals surface area contributed by atoms with Crippen molar-refractivity contribution < 1.29 is 19.0 Å². The van der Waals surface area contributed by atoms with Crippen LogP contribution in [0.25, 0.3) is 0 Å². The van der Waals surface area contributed by atoms with Crippen LogP contribution in [0.5, 0.6) is 0 Å². The molecule has 0 bridgehead atoms. The van der Waals surface area contributed by atoms with Crippen LogP contribution in [0.4, 0.5) is 0 Å². The van der Waals surface area contributed by atoms with Crippen LogP contribution in [0.1, 0.15) is 13.3 Å². The third-order valence-electron chi connectivity index (χ3n) is 1.77. The molecule has 0 rings (SSSR count). The van der Waals surface area contributed by atoms with Gasteiger partial charge in [0.2, 0.25) is 5.91 Å². The maximum atomic E-state index is 11.3. The smallest absolute Gasteiger partial charge is 0.237 e. The Balaban J connectivity index is 4.00. The summed E-state index contributed by atoms with van der Waals surface area (Å²) >= 11 is 0. The number of hydrogen-bond acceptors (Lipinski definition) is 4. The van der Waals surface area contributed by atoms with Crippen LogP contribution in [0.15, 0.2) is 0 Å². The van der Waals surface area contributed by atoms with Gasteiger partial charge in [0.25, 0.3) is 0 Å². The average Bonchev–Trinajstić information content (AvgIpc) is 2.12. The van der Waals surface area contributed by atoms with Gasteiger partial charge in [-0.1, -0.05) is 0 Å². The molecule has 7 heteroatoms. The minimum Gasteiger partial charge on any atom is -0.346 e. The molecular formula is C8H17N2O4P. The number of nitrogens with two attached hydrogens (primary N) is 1. The first-order chi connectivity index (χ1) is 6.76. The Labute approximate surface area is 88.7 Å². The monoisotopic (exact) mass is 236 g/mol. The second-order valence-corrected chi connectivity index (χ2v) is 6.15. The number of carbonyl (C=O) groups excluding carboxylic acids is 2. The molecule has 0 spiro atoms. The summed E-state index contributed by atoms with van der Waals surface area (Å²) in [6, 6.07) is -1.45. The third kappa shape index (κ3) is 7.25. The van der Waals surface area contributed by atoms with Gasteiger partial charge in [-0.3, -0.25) is 9.36 Å². The number of aldehydes is 1. The molecule has 0 heterocycles. The van der Waals surface area contributed by atoms with Gasteiger partial charge in [0.15, 0.2) is 7.37 Å². The minimum absolute atomic E-state index is 0.00292. The van der Waals surface area contributed by atoms with Crippen molar-refractivity contribution in [2.24, 2.45) is 5.73 Å². The van der Waals surface area contributed by atoms with Gasteiger partial charge in [0, 0.05) is 12.8 Å². The van der Waals surface area contributed by atoms with E-state index in [9.17, 15) is 14.2 Å². The number of nitrogens with one attached hydrogen (secondary N) is 1. The molecule has 0 saturated carbocycles. The van der Waals surface area contributed by atoms with Gasteiger partial charge in [0.05, 0.1) is 12.1 Å². The highest BCUT2D eigenvalue weighted by Crippen LogP contribution is 2.35. The van der Waals surface area contributed by atoms with Crippen molar-refractivity contribution in [3.05, 3.63) is 0 Å². The zero-order chi connectivity index (χ0) is 12.1. The molecule has 0 aliphatic carbocycles. The van der Waals surface area contributed by atoms with E-state index in [4.69, 9.17) is 10.6 Å². The fraction of sp³-hybridized carbons (Fsp3) is 0.750. The van der Waals surface area contributed by atoms with E-state index < -0.39 is 25.4 Å². The Morgan fingerprint density at radius 1 is 1.67 bits per heavy atom. The van der Waals surface area contributed by atoms with Crippen molar-refractivity contribution in [2.75, 3.05) is 12.8 Å². The summed E-state index contributed by atoms with van der Waals surface area (Å²) in [4.78, 5) is 30.5. The maximum absolute atomic E-state index is 11.3. The summed E-state index contributed by atoms with van der Waals surface area (Å²) in [5.74, 6) is -0.483. The van der Waals surface area contributed by atoms with E-state index in [2.05, 4.69) is 5.32 Å². The predicted molar refractivity (Wildman–Crippen MR) is 56.9 cm³/mol. The molecule has 3 atom stereocenters. The standard InChI is InChI=1S/C8H17N2O4P/c1-6(5-11)10-8(12)7(9)3-4-15(2,13)14/h5-7H,3-4,9H2,1-2H3,(H,10,12)(H,13,14)/t6-,7?/m0/s1. The Hall–Kier alpha value is -0.710. The van der Waals surface area contributed by atoms with Crippen molar-refractivity contribution in [3.8, 4) is 0 Å². The van der Waals surface area contributed by atoms with E-state index in [0.717, 1.165) is 0 Å². The number of carbonyl (C=O) groups is 2. The molecule has 4 N–H and O–H groups in total. The topological polar surface area (TPSA) is 109 Å². The molecule has 0 aromatic heterocycles. The van der Waals surface area contributed by atoms with Crippen LogP contribution in [-0.2, 0) is 14.2 Å². The largest absolute Gasteiger partial charge is 0.346 e. The van der Waals surface area contributed by atoms with Crippen molar-refractivity contribution in [1.29, 1.82) is 0 Å². The highest BCUT2D eigenvalue weighted by Gasteiger charge is 2.19. The second-order valence-electron chi connectivity index (χ2n) is 3.60. The summed E-state index contributed by atoms with van der Waals surface area (Å²) in [7, 11) is -3.13. The van der Waals surface area contributed by atoms with Crippen LogP contribution in [0.2, 0.25) is 0 Å². The number of amides is 1. The van der Waals surface area contributed by atoms with E-state index in [1.54, 1.807) is 0 Å². The van der Waals surface area contributed by atoms with E-state index in [-0.39, 0.29) is 12.6 Å². The molecule has 0 aromatic carbocycles. The molecule has 0 aliphatic rings. The maximum Gasteiger partial charge on any atom is 0.237 e. The van der Waals surface area contributed by atoms with Crippen LogP contribution in [0.3, 0.4) is 0 Å². The lowest BCUT2D eigenvalue weighted by Gasteiger charge is -2.14. The molecule has 0 radical (unpaired) electrons. The van der Waals surface area contributed by atoms with Crippen molar-refractivity contribution >= 4 is 19.6 Å². The molecular weight excluding hydrogens is 219 g/mol. The number of rotatable bonds is 6. The van der Waals surface area contributed by atoms with Crippen molar-refractivity contribution in [3.63, 3.8) is 0 Å². The average molecular weight is 236 g/mol. The molecule has 1 amide bonds. The van der Waals surface area contributed by atoms with Gasteiger partial charge in [-0.2, -0.15) is 0 Å². The van der Waals surface area contributed by atoms with Gasteiger partial charge in [0.1, 0.15) is 6.29 Å². The fourth-order valence-electron chi connectivity index (χ4n) is 0.875. The van der Waals surface area contributed by atoms with Crippen LogP contribution >= 0.6 is 7.37 Å². The number of hydrogen-bond donors (Lipinski definition) is 3. The molecule has 0 aliphatic heterocycles. The molecule has 0 aromatic rings. The quantitative estimate of drug-likeness (QED) is 0.417. The van der Waals surface area contributed by atoms with E-state index in [0.29, 0.717) is 6.29 Å². The lowest BCUT2D eigenvalue weighted by atomic mass is 10.2. The first-order valence-electron chi connectivity index (χ1n) is 4.57. The molecule has 88 valence electrons. The molecule has 2 unspecified atom stereocenters. The molecule has 15 heavy (non-hydrogen) atoms. The highest BCUT2D eigenvalue weighted by atomic mass is 31.2. The first kappa shape index (κ1) is 14.3. The van der Waals surface area contributed by atoms with Gasteiger partial charge in [-0.25, -0.2) is 0 Å². The van der Waals surface area contributed by atoms with Crippen LogP contribution in [-0.4, -0.2) is 42.0 Å². The summed E-state index contributed by atoms with van der Waals surface area (Å²) in [6.07, 6.45) is 0.708. The summed E-state index contributed by atoms with van der Waals surface area (Å²) in [5.41, 5.74) is 5.47. The summed E-state index contributed by atoms with van der Waals surface area (Å²) in [5, 5.41) is 2.36. The molecule has 6 nitrogen and oxygen atoms in total. The zero-order valence-corrected chi connectivity index (χ0v) is 9.74. The lowest BCUT2D eigenvalue weighted by molar-refractivity contribution is -0.124. The summed E-state index contributed by atoms with van der Waals surface area (Å²) < 4.78 is 10.9. The van der Waals surface area contributed by atoms with Gasteiger partial charge in [-0.15, -0.1) is 0 Å². The second kappa shape index (κ2) is 6.00. The third-order valence-corrected chi connectivity index (χ3v) is 2.85. The minimum atomic E-state index is -3.13. The Morgan fingerprint density at radius 3 is 2.60 bits per heavy atom.